The smallest absolute Gasteiger partial charge is 0.407 e. The third-order valence-corrected chi connectivity index (χ3v) is 11.0. The van der Waals surface area contributed by atoms with E-state index in [2.05, 4.69) is 19.2 Å². The van der Waals surface area contributed by atoms with Gasteiger partial charge in [0, 0.05) is 12.0 Å². The number of ether oxygens (including phenoxy) is 6. The molecule has 1 aromatic rings. The summed E-state index contributed by atoms with van der Waals surface area (Å²) in [6.45, 7) is 3.88. The third-order valence-electron chi connectivity index (χ3n) is 10.7. The summed E-state index contributed by atoms with van der Waals surface area (Å²) in [6.07, 6.45) is 16.4. The highest BCUT2D eigenvalue weighted by molar-refractivity contribution is 6.67. The Morgan fingerprint density at radius 3 is 1.90 bits per heavy atom. The summed E-state index contributed by atoms with van der Waals surface area (Å²) < 4.78 is 33.1. The predicted molar refractivity (Wildman–Crippen MR) is 227 cm³/mol. The number of alkyl carbamates (subject to hydrolysis) is 1. The van der Waals surface area contributed by atoms with Crippen molar-refractivity contribution in [2.24, 2.45) is 0 Å². The second kappa shape index (κ2) is 29.4. The quantitative estimate of drug-likeness (QED) is 0.0346. The van der Waals surface area contributed by atoms with E-state index in [-0.39, 0.29) is 25.4 Å². The van der Waals surface area contributed by atoms with Gasteiger partial charge in [-0.3, -0.25) is 9.59 Å². The summed E-state index contributed by atoms with van der Waals surface area (Å²) in [5.74, 6) is -1.02. The number of carbonyl (C=O) groups is 3. The Bertz CT molecular complexity index is 1270. The summed E-state index contributed by atoms with van der Waals surface area (Å²) in [6, 6.07) is 7.86. The molecule has 11 nitrogen and oxygen atoms in total. The van der Waals surface area contributed by atoms with E-state index in [0.717, 1.165) is 50.5 Å². The molecule has 3 rings (SSSR count). The second-order valence-corrected chi connectivity index (χ2v) is 18.3. The summed E-state index contributed by atoms with van der Waals surface area (Å²) in [5, 5.41) is 13.6. The van der Waals surface area contributed by atoms with Gasteiger partial charge in [0.1, 0.15) is 31.0 Å². The number of rotatable bonds is 29. The Hall–Kier alpha value is -1.86. The summed E-state index contributed by atoms with van der Waals surface area (Å²) in [5.41, 5.74) is 0.717. The van der Waals surface area contributed by atoms with Crippen molar-refractivity contribution in [3.05, 3.63) is 35.9 Å². The van der Waals surface area contributed by atoms with E-state index in [1.165, 1.54) is 83.5 Å². The highest BCUT2D eigenvalue weighted by Gasteiger charge is 2.52. The fourth-order valence-corrected chi connectivity index (χ4v) is 7.60. The van der Waals surface area contributed by atoms with Gasteiger partial charge in [-0.1, -0.05) is 195 Å². The first-order valence-corrected chi connectivity index (χ1v) is 23.2. The van der Waals surface area contributed by atoms with E-state index >= 15 is 0 Å². The molecule has 2 aliphatic rings. The van der Waals surface area contributed by atoms with Crippen molar-refractivity contribution in [2.75, 3.05) is 13.2 Å². The van der Waals surface area contributed by atoms with Gasteiger partial charge in [-0.15, -0.1) is 0 Å². The van der Waals surface area contributed by atoms with Crippen LogP contribution in [-0.4, -0.2) is 76.9 Å². The molecule has 1 amide bonds. The van der Waals surface area contributed by atoms with Crippen LogP contribution >= 0.6 is 34.8 Å². The first-order chi connectivity index (χ1) is 28.0. The van der Waals surface area contributed by atoms with Gasteiger partial charge >= 0.3 is 18.0 Å². The first-order valence-electron chi connectivity index (χ1n) is 22.0. The number of unbranched alkanes of at least 4 members (excludes halogenated alkanes) is 18. The molecule has 2 unspecified atom stereocenters. The van der Waals surface area contributed by atoms with Gasteiger partial charge in [-0.05, 0) is 19.3 Å². The highest BCUT2D eigenvalue weighted by atomic mass is 35.6. The molecule has 0 aliphatic carbocycles. The number of nitrogens with one attached hydrogen (secondary N) is 1. The molecule has 14 heteroatoms. The number of amides is 1. The minimum absolute atomic E-state index is 0.0116. The molecule has 58 heavy (non-hydrogen) atoms. The maximum Gasteiger partial charge on any atom is 0.407 e. The number of aliphatic hydroxyl groups is 1. The van der Waals surface area contributed by atoms with E-state index in [9.17, 15) is 19.5 Å². The van der Waals surface area contributed by atoms with Crippen molar-refractivity contribution < 1.29 is 47.9 Å². The third kappa shape index (κ3) is 21.1. The monoisotopic (exact) mass is 877 g/mol. The number of hydrogen-bond acceptors (Lipinski definition) is 10. The number of fused-ring (bicyclic) bond motifs is 1. The minimum Gasteiger partial charge on any atom is -0.462 e. The maximum atomic E-state index is 13.8. The fourth-order valence-electron chi connectivity index (χ4n) is 7.44. The molecule has 0 radical (unpaired) electrons. The summed E-state index contributed by atoms with van der Waals surface area (Å²) >= 11 is 17.3. The van der Waals surface area contributed by atoms with Crippen molar-refractivity contribution in [3.63, 3.8) is 0 Å². The number of esters is 2. The van der Waals surface area contributed by atoms with Crippen molar-refractivity contribution >= 4 is 52.8 Å². The number of aliphatic hydroxyl groups excluding tert-OH is 1. The van der Waals surface area contributed by atoms with E-state index in [1.54, 1.807) is 0 Å². The Labute approximate surface area is 362 Å². The molecule has 0 saturated carbocycles. The highest BCUT2D eigenvalue weighted by Crippen LogP contribution is 2.35. The van der Waals surface area contributed by atoms with Crippen LogP contribution in [0.3, 0.4) is 0 Å². The molecule has 7 atom stereocenters. The molecule has 2 heterocycles. The Kier molecular flexibility index (Phi) is 25.6. The van der Waals surface area contributed by atoms with Crippen LogP contribution in [0.25, 0.3) is 0 Å². The molecule has 0 spiro atoms. The number of hydrogen-bond donors (Lipinski definition) is 2. The topological polar surface area (TPSA) is 139 Å². The molecule has 1 aromatic carbocycles. The molecule has 2 N–H and O–H groups in total. The standard InChI is InChI=1S/C44H70Cl3NO10/c1-3-5-7-9-11-13-14-16-18-20-25-29-36(49)55-34(28-24-19-17-15-12-10-8-6-4-2)30-37(50)57-40-38(48-43(52)54-32-44(45,46)47)41(51)56-35-31-53-42(58-39(35)40)33-26-22-21-23-27-33/h21-23,26-27,34-35,38-42,51H,3-20,24-25,28-32H2,1-2H3,(H,48,52)/t34-,35-,38-,39-,40-,41?,42?/m1/s1. The maximum absolute atomic E-state index is 13.8. The molecule has 332 valence electrons. The van der Waals surface area contributed by atoms with Gasteiger partial charge in [0.05, 0.1) is 13.0 Å². The number of alkyl halides is 3. The van der Waals surface area contributed by atoms with Crippen LogP contribution in [0.2, 0.25) is 0 Å². The Morgan fingerprint density at radius 1 is 0.776 bits per heavy atom. The van der Waals surface area contributed by atoms with Crippen LogP contribution in [0.1, 0.15) is 173 Å². The van der Waals surface area contributed by atoms with Crippen LogP contribution in [0.5, 0.6) is 0 Å². The normalized spacial score (nSPS) is 22.4. The summed E-state index contributed by atoms with van der Waals surface area (Å²) in [4.78, 5) is 39.7. The second-order valence-electron chi connectivity index (χ2n) is 15.8. The van der Waals surface area contributed by atoms with Crippen LogP contribution in [-0.2, 0) is 38.0 Å². The van der Waals surface area contributed by atoms with Crippen LogP contribution in [0.4, 0.5) is 4.79 Å². The van der Waals surface area contributed by atoms with E-state index in [4.69, 9.17) is 63.2 Å². The van der Waals surface area contributed by atoms with Crippen LogP contribution in [0, 0.1) is 0 Å². The minimum atomic E-state index is -1.88. The lowest BCUT2D eigenvalue weighted by molar-refractivity contribution is -0.338. The molecule has 0 aromatic heterocycles. The molecule has 2 fully saturated rings. The van der Waals surface area contributed by atoms with Gasteiger partial charge in [-0.2, -0.15) is 0 Å². The molecular weight excluding hydrogens is 809 g/mol. The zero-order valence-electron chi connectivity index (χ0n) is 34.9. The average molecular weight is 879 g/mol. The lowest BCUT2D eigenvalue weighted by atomic mass is 9.95. The lowest BCUT2D eigenvalue weighted by Crippen LogP contribution is -2.67. The fraction of sp³-hybridized carbons (Fsp3) is 0.795. The number of halogens is 3. The largest absolute Gasteiger partial charge is 0.462 e. The van der Waals surface area contributed by atoms with Crippen molar-refractivity contribution in [2.45, 2.75) is 208 Å². The molecule has 2 saturated heterocycles. The summed E-state index contributed by atoms with van der Waals surface area (Å²) in [7, 11) is 0. The van der Waals surface area contributed by atoms with Gasteiger partial charge in [0.15, 0.2) is 18.7 Å². The average Bonchev–Trinajstić information content (AvgIpc) is 3.19. The SMILES string of the molecule is CCCCCCCCCCCCCC(=O)O[C@H](CCCCCCCCCCC)CC(=O)O[C@H]1[C@@H]2OC(c3ccccc3)OC[C@H]2OC(O)[C@@H]1NC(=O)OCC(Cl)(Cl)Cl. The molecular formula is C44H70Cl3NO10. The lowest BCUT2D eigenvalue weighted by Gasteiger charge is -2.47. The zero-order valence-corrected chi connectivity index (χ0v) is 37.1. The van der Waals surface area contributed by atoms with Crippen molar-refractivity contribution in [1.82, 2.24) is 5.32 Å². The van der Waals surface area contributed by atoms with Crippen molar-refractivity contribution in [1.29, 1.82) is 0 Å². The number of benzene rings is 1. The van der Waals surface area contributed by atoms with Crippen LogP contribution in [0.15, 0.2) is 30.3 Å². The Balaban J connectivity index is 1.63. The Morgan fingerprint density at radius 2 is 1.33 bits per heavy atom. The van der Waals surface area contributed by atoms with Crippen molar-refractivity contribution in [3.8, 4) is 0 Å². The van der Waals surface area contributed by atoms with Gasteiger partial charge in [-0.25, -0.2) is 4.79 Å². The van der Waals surface area contributed by atoms with E-state index < -0.39 is 65.5 Å². The van der Waals surface area contributed by atoms with Gasteiger partial charge in [0.2, 0.25) is 3.79 Å². The molecule has 0 bridgehead atoms. The van der Waals surface area contributed by atoms with E-state index in [1.807, 2.05) is 30.3 Å². The molecule has 2 aliphatic heterocycles. The first kappa shape index (κ1) is 50.5. The van der Waals surface area contributed by atoms with Gasteiger partial charge in [0.25, 0.3) is 0 Å². The zero-order chi connectivity index (χ0) is 42.0. The van der Waals surface area contributed by atoms with E-state index in [0.29, 0.717) is 6.42 Å². The van der Waals surface area contributed by atoms with Gasteiger partial charge < -0.3 is 38.8 Å². The van der Waals surface area contributed by atoms with Crippen LogP contribution < -0.4 is 5.32 Å². The number of carbonyl (C=O) groups excluding carboxylic acids is 3. The predicted octanol–water partition coefficient (Wildman–Crippen LogP) is 11.1.